The van der Waals surface area contributed by atoms with Crippen LogP contribution < -0.4 is 5.73 Å². The lowest BCUT2D eigenvalue weighted by atomic mass is 9.97. The highest BCUT2D eigenvalue weighted by molar-refractivity contribution is 5.77. The molecule has 0 saturated carbocycles. The minimum absolute atomic E-state index is 0.317. The van der Waals surface area contributed by atoms with Gasteiger partial charge in [-0.25, -0.2) is 0 Å². The van der Waals surface area contributed by atoms with E-state index in [0.29, 0.717) is 18.1 Å². The molecule has 0 bridgehead atoms. The summed E-state index contributed by atoms with van der Waals surface area (Å²) in [6.07, 6.45) is 1.76. The van der Waals surface area contributed by atoms with E-state index >= 15 is 0 Å². The summed E-state index contributed by atoms with van der Waals surface area (Å²) in [4.78, 5) is 2.03. The third-order valence-corrected chi connectivity index (χ3v) is 3.32. The van der Waals surface area contributed by atoms with Crippen LogP contribution in [0.15, 0.2) is 18.3 Å². The van der Waals surface area contributed by atoms with Crippen molar-refractivity contribution in [2.45, 2.75) is 13.5 Å². The quantitative estimate of drug-likeness (QED) is 0.882. The number of aromatic hydroxyl groups is 1. The lowest BCUT2D eigenvalue weighted by Gasteiger charge is -2.16. The molecule has 0 spiro atoms. The highest BCUT2D eigenvalue weighted by atomic mass is 16.3. The van der Waals surface area contributed by atoms with Crippen LogP contribution in [0.3, 0.4) is 0 Å². The first-order chi connectivity index (χ1) is 8.91. The summed E-state index contributed by atoms with van der Waals surface area (Å²) in [5.74, 6) is 0.946. The van der Waals surface area contributed by atoms with Crippen LogP contribution in [-0.2, 0) is 13.6 Å². The molecule has 19 heavy (non-hydrogen) atoms. The minimum Gasteiger partial charge on any atom is -0.508 e. The molecule has 0 aliphatic carbocycles. The van der Waals surface area contributed by atoms with Gasteiger partial charge in [0.05, 0.1) is 6.20 Å². The summed E-state index contributed by atoms with van der Waals surface area (Å²) in [6.45, 7) is 2.69. The summed E-state index contributed by atoms with van der Waals surface area (Å²) in [5.41, 5.74) is 9.89. The van der Waals surface area contributed by atoms with Crippen molar-refractivity contribution in [2.75, 3.05) is 19.8 Å². The third kappa shape index (κ3) is 2.42. The highest BCUT2D eigenvalue weighted by Gasteiger charge is 2.15. The Bertz CT molecular complexity index is 602. The number of phenols is 1. The number of anilines is 1. The molecule has 5 nitrogen and oxygen atoms in total. The standard InChI is InChI=1S/C14H20N4O/c1-9-10(11-7-16-18(4)14(11)15)5-6-13(19)12(9)8-17(2)3/h5-7,19H,8,15H2,1-4H3. The second-order valence-corrected chi connectivity index (χ2v) is 5.04. The van der Waals surface area contributed by atoms with E-state index in [4.69, 9.17) is 5.73 Å². The number of hydrogen-bond donors (Lipinski definition) is 2. The average molecular weight is 260 g/mol. The van der Waals surface area contributed by atoms with Gasteiger partial charge >= 0.3 is 0 Å². The first kappa shape index (κ1) is 13.4. The second-order valence-electron chi connectivity index (χ2n) is 5.04. The molecular weight excluding hydrogens is 240 g/mol. The Morgan fingerprint density at radius 1 is 1.32 bits per heavy atom. The van der Waals surface area contributed by atoms with Crippen LogP contribution in [0.4, 0.5) is 5.82 Å². The molecule has 0 unspecified atom stereocenters. The monoisotopic (exact) mass is 260 g/mol. The fourth-order valence-corrected chi connectivity index (χ4v) is 2.20. The van der Waals surface area contributed by atoms with Crippen LogP contribution in [0.1, 0.15) is 11.1 Å². The van der Waals surface area contributed by atoms with Crippen molar-refractivity contribution in [1.82, 2.24) is 14.7 Å². The van der Waals surface area contributed by atoms with Gasteiger partial charge in [-0.05, 0) is 38.2 Å². The molecule has 0 fully saturated rings. The maximum absolute atomic E-state index is 10.0. The van der Waals surface area contributed by atoms with E-state index in [0.717, 1.165) is 22.3 Å². The van der Waals surface area contributed by atoms with Crippen molar-refractivity contribution in [1.29, 1.82) is 0 Å². The number of phenolic OH excluding ortho intramolecular Hbond substituents is 1. The molecule has 2 aromatic rings. The number of aromatic nitrogens is 2. The van der Waals surface area contributed by atoms with Crippen molar-refractivity contribution >= 4 is 5.82 Å². The smallest absolute Gasteiger partial charge is 0.129 e. The van der Waals surface area contributed by atoms with E-state index in [1.807, 2.05) is 39.0 Å². The predicted molar refractivity (Wildman–Crippen MR) is 76.8 cm³/mol. The Morgan fingerprint density at radius 2 is 2.00 bits per heavy atom. The van der Waals surface area contributed by atoms with Crippen LogP contribution in [0, 0.1) is 6.92 Å². The molecule has 1 aromatic heterocycles. The summed E-state index contributed by atoms with van der Waals surface area (Å²) in [6, 6.07) is 3.60. The summed E-state index contributed by atoms with van der Waals surface area (Å²) >= 11 is 0. The Balaban J connectivity index is 2.57. The van der Waals surface area contributed by atoms with Crippen molar-refractivity contribution in [2.24, 2.45) is 7.05 Å². The average Bonchev–Trinajstić information content (AvgIpc) is 2.66. The Morgan fingerprint density at radius 3 is 2.53 bits per heavy atom. The van der Waals surface area contributed by atoms with Gasteiger partial charge < -0.3 is 15.7 Å². The van der Waals surface area contributed by atoms with Gasteiger partial charge in [-0.1, -0.05) is 6.07 Å². The summed E-state index contributed by atoms with van der Waals surface area (Å²) in [7, 11) is 5.77. The predicted octanol–water partition coefficient (Wildman–Crippen LogP) is 1.74. The van der Waals surface area contributed by atoms with Crippen LogP contribution in [0.2, 0.25) is 0 Å². The SMILES string of the molecule is Cc1c(-c2cnn(C)c2N)ccc(O)c1CN(C)C. The Hall–Kier alpha value is -2.01. The van der Waals surface area contributed by atoms with Crippen LogP contribution in [-0.4, -0.2) is 33.9 Å². The van der Waals surface area contributed by atoms with E-state index in [2.05, 4.69) is 5.10 Å². The van der Waals surface area contributed by atoms with Crippen molar-refractivity contribution in [3.05, 3.63) is 29.5 Å². The number of nitrogens with two attached hydrogens (primary N) is 1. The molecule has 2 rings (SSSR count). The second kappa shape index (κ2) is 4.93. The third-order valence-electron chi connectivity index (χ3n) is 3.32. The maximum atomic E-state index is 10.0. The number of nitrogen functional groups attached to an aromatic ring is 1. The van der Waals surface area contributed by atoms with Gasteiger partial charge in [0, 0.05) is 24.7 Å². The van der Waals surface area contributed by atoms with E-state index in [1.165, 1.54) is 0 Å². The molecule has 0 aliphatic heterocycles. The number of rotatable bonds is 3. The molecular formula is C14H20N4O. The molecule has 102 valence electrons. The van der Waals surface area contributed by atoms with Gasteiger partial charge in [-0.15, -0.1) is 0 Å². The number of aryl methyl sites for hydroxylation is 1. The van der Waals surface area contributed by atoms with E-state index in [1.54, 1.807) is 16.9 Å². The van der Waals surface area contributed by atoms with Gasteiger partial charge in [0.25, 0.3) is 0 Å². The summed E-state index contributed by atoms with van der Waals surface area (Å²) < 4.78 is 1.65. The Kier molecular flexibility index (Phi) is 3.48. The van der Waals surface area contributed by atoms with Gasteiger partial charge in [0.2, 0.25) is 0 Å². The molecule has 1 heterocycles. The summed E-state index contributed by atoms with van der Waals surface area (Å²) in [5, 5.41) is 14.2. The van der Waals surface area contributed by atoms with Crippen molar-refractivity contribution < 1.29 is 5.11 Å². The van der Waals surface area contributed by atoms with Gasteiger partial charge in [0.15, 0.2) is 0 Å². The van der Waals surface area contributed by atoms with Gasteiger partial charge in [-0.3, -0.25) is 4.68 Å². The van der Waals surface area contributed by atoms with Gasteiger partial charge in [-0.2, -0.15) is 5.10 Å². The normalized spacial score (nSPS) is 11.2. The number of nitrogens with zero attached hydrogens (tertiary/aromatic N) is 3. The largest absolute Gasteiger partial charge is 0.508 e. The molecule has 3 N–H and O–H groups in total. The zero-order valence-corrected chi connectivity index (χ0v) is 11.8. The van der Waals surface area contributed by atoms with Crippen LogP contribution in [0.5, 0.6) is 5.75 Å². The minimum atomic E-state index is 0.317. The molecule has 0 aliphatic rings. The lowest BCUT2D eigenvalue weighted by molar-refractivity contribution is 0.385. The zero-order chi connectivity index (χ0) is 14.2. The topological polar surface area (TPSA) is 67.3 Å². The lowest BCUT2D eigenvalue weighted by Crippen LogP contribution is -2.12. The first-order valence-electron chi connectivity index (χ1n) is 6.15. The molecule has 0 atom stereocenters. The molecule has 0 saturated heterocycles. The number of hydrogen-bond acceptors (Lipinski definition) is 4. The van der Waals surface area contributed by atoms with Crippen LogP contribution >= 0.6 is 0 Å². The highest BCUT2D eigenvalue weighted by Crippen LogP contribution is 2.34. The van der Waals surface area contributed by atoms with E-state index in [-0.39, 0.29) is 0 Å². The first-order valence-corrected chi connectivity index (χ1v) is 6.15. The van der Waals surface area contributed by atoms with Gasteiger partial charge in [0.1, 0.15) is 11.6 Å². The van der Waals surface area contributed by atoms with Crippen molar-refractivity contribution in [3.63, 3.8) is 0 Å². The Labute approximate surface area is 113 Å². The van der Waals surface area contributed by atoms with Crippen LogP contribution in [0.25, 0.3) is 11.1 Å². The maximum Gasteiger partial charge on any atom is 0.129 e. The van der Waals surface area contributed by atoms with E-state index in [9.17, 15) is 5.11 Å². The van der Waals surface area contributed by atoms with E-state index < -0.39 is 0 Å². The molecule has 5 heteroatoms. The number of benzene rings is 1. The fraction of sp³-hybridized carbons (Fsp3) is 0.357. The molecule has 0 radical (unpaired) electrons. The molecule has 1 aromatic carbocycles. The fourth-order valence-electron chi connectivity index (χ4n) is 2.20. The van der Waals surface area contributed by atoms with Crippen molar-refractivity contribution in [3.8, 4) is 16.9 Å². The molecule has 0 amide bonds. The zero-order valence-electron chi connectivity index (χ0n) is 11.8.